The molecule has 2 unspecified atom stereocenters. The molecule has 0 aliphatic rings. The molecule has 2 atom stereocenters. The van der Waals surface area contributed by atoms with Crippen molar-refractivity contribution < 1.29 is 14.7 Å². The SMILES string of the molecule is CCCCCCC(C)C(=O)NCc1cc(-c2ccc(CC(NCC)C(=O)O)cc2)cs1. The third kappa shape index (κ3) is 8.46. The fourth-order valence-corrected chi connectivity index (χ4v) is 4.38. The summed E-state index contributed by atoms with van der Waals surface area (Å²) in [4.78, 5) is 24.8. The van der Waals surface area contributed by atoms with Crippen LogP contribution in [0, 0.1) is 5.92 Å². The van der Waals surface area contributed by atoms with Crippen molar-refractivity contribution >= 4 is 23.2 Å². The lowest BCUT2D eigenvalue weighted by molar-refractivity contribution is -0.139. The van der Waals surface area contributed by atoms with Gasteiger partial charge in [-0.05, 0) is 47.5 Å². The number of unbranched alkanes of at least 4 members (excludes halogenated alkanes) is 3. The molecule has 170 valence electrons. The number of amides is 1. The zero-order chi connectivity index (χ0) is 22.6. The van der Waals surface area contributed by atoms with Crippen LogP contribution in [0.15, 0.2) is 35.7 Å². The van der Waals surface area contributed by atoms with Crippen LogP contribution in [-0.4, -0.2) is 29.6 Å². The first-order valence-corrected chi connectivity index (χ1v) is 12.2. The summed E-state index contributed by atoms with van der Waals surface area (Å²) in [6.45, 7) is 7.29. The number of aliphatic carboxylic acids is 1. The number of carboxylic acid groups (broad SMARTS) is 1. The van der Waals surface area contributed by atoms with Crippen molar-refractivity contribution in [3.05, 3.63) is 46.2 Å². The number of rotatable bonds is 14. The maximum atomic E-state index is 12.3. The highest BCUT2D eigenvalue weighted by Crippen LogP contribution is 2.26. The lowest BCUT2D eigenvalue weighted by Crippen LogP contribution is -2.38. The van der Waals surface area contributed by atoms with Gasteiger partial charge in [0, 0.05) is 10.8 Å². The molecular weight excluding hydrogens is 408 g/mol. The first-order valence-electron chi connectivity index (χ1n) is 11.3. The number of hydrogen-bond donors (Lipinski definition) is 3. The predicted octanol–water partition coefficient (Wildman–Crippen LogP) is 5.24. The molecule has 2 rings (SSSR count). The van der Waals surface area contributed by atoms with Crippen molar-refractivity contribution in [3.8, 4) is 11.1 Å². The van der Waals surface area contributed by atoms with Crippen molar-refractivity contribution in [2.75, 3.05) is 6.54 Å². The number of carboxylic acids is 1. The van der Waals surface area contributed by atoms with Crippen LogP contribution in [0.4, 0.5) is 0 Å². The monoisotopic (exact) mass is 444 g/mol. The third-order valence-electron chi connectivity index (χ3n) is 5.50. The van der Waals surface area contributed by atoms with Gasteiger partial charge in [-0.15, -0.1) is 11.3 Å². The molecule has 0 radical (unpaired) electrons. The van der Waals surface area contributed by atoms with E-state index < -0.39 is 12.0 Å². The lowest BCUT2D eigenvalue weighted by atomic mass is 10.0. The zero-order valence-corrected chi connectivity index (χ0v) is 19.8. The molecule has 0 saturated carbocycles. The van der Waals surface area contributed by atoms with Crippen molar-refractivity contribution in [2.45, 2.75) is 71.9 Å². The van der Waals surface area contributed by atoms with Gasteiger partial charge in [-0.1, -0.05) is 70.7 Å². The molecule has 1 amide bonds. The average molecular weight is 445 g/mol. The van der Waals surface area contributed by atoms with Gasteiger partial charge < -0.3 is 15.7 Å². The van der Waals surface area contributed by atoms with E-state index in [2.05, 4.69) is 29.0 Å². The van der Waals surface area contributed by atoms with E-state index in [-0.39, 0.29) is 11.8 Å². The number of thiophene rings is 1. The summed E-state index contributed by atoms with van der Waals surface area (Å²) < 4.78 is 0. The Labute approximate surface area is 190 Å². The summed E-state index contributed by atoms with van der Waals surface area (Å²) in [7, 11) is 0. The van der Waals surface area contributed by atoms with Crippen molar-refractivity contribution in [2.24, 2.45) is 5.92 Å². The Kier molecular flexibility index (Phi) is 10.7. The highest BCUT2D eigenvalue weighted by molar-refractivity contribution is 7.10. The number of nitrogens with one attached hydrogen (secondary N) is 2. The summed E-state index contributed by atoms with van der Waals surface area (Å²) in [5.74, 6) is -0.643. The first kappa shape index (κ1) is 25.1. The van der Waals surface area contributed by atoms with E-state index >= 15 is 0 Å². The maximum Gasteiger partial charge on any atom is 0.321 e. The van der Waals surface area contributed by atoms with E-state index in [1.807, 2.05) is 38.1 Å². The third-order valence-corrected chi connectivity index (χ3v) is 6.44. The van der Waals surface area contributed by atoms with Crippen LogP contribution < -0.4 is 10.6 Å². The molecule has 1 aromatic carbocycles. The fourth-order valence-electron chi connectivity index (χ4n) is 3.54. The lowest BCUT2D eigenvalue weighted by Gasteiger charge is -2.13. The van der Waals surface area contributed by atoms with Crippen LogP contribution in [0.5, 0.6) is 0 Å². The molecule has 5 nitrogen and oxygen atoms in total. The molecule has 3 N–H and O–H groups in total. The number of hydrogen-bond acceptors (Lipinski definition) is 4. The van der Waals surface area contributed by atoms with E-state index in [9.17, 15) is 14.7 Å². The molecule has 1 aromatic heterocycles. The minimum Gasteiger partial charge on any atom is -0.480 e. The topological polar surface area (TPSA) is 78.4 Å². The summed E-state index contributed by atoms with van der Waals surface area (Å²) in [5, 5.41) is 17.5. The summed E-state index contributed by atoms with van der Waals surface area (Å²) in [5.41, 5.74) is 3.21. The van der Waals surface area contributed by atoms with Crippen LogP contribution in [0.25, 0.3) is 11.1 Å². The number of likely N-dealkylation sites (N-methyl/N-ethyl adjacent to an activating group) is 1. The molecule has 0 spiro atoms. The Balaban J connectivity index is 1.86. The molecule has 1 heterocycles. The Hall–Kier alpha value is -2.18. The number of benzene rings is 1. The second-order valence-corrected chi connectivity index (χ2v) is 9.12. The van der Waals surface area contributed by atoms with E-state index in [0.29, 0.717) is 19.5 Å². The first-order chi connectivity index (χ1) is 14.9. The van der Waals surface area contributed by atoms with Crippen LogP contribution in [0.2, 0.25) is 0 Å². The van der Waals surface area contributed by atoms with Gasteiger partial charge in [0.15, 0.2) is 0 Å². The Morgan fingerprint density at radius 2 is 1.81 bits per heavy atom. The van der Waals surface area contributed by atoms with Crippen LogP contribution in [0.3, 0.4) is 0 Å². The Bertz CT molecular complexity index is 816. The van der Waals surface area contributed by atoms with Crippen molar-refractivity contribution in [1.82, 2.24) is 10.6 Å². The largest absolute Gasteiger partial charge is 0.480 e. The van der Waals surface area contributed by atoms with Crippen molar-refractivity contribution in [1.29, 1.82) is 0 Å². The zero-order valence-electron chi connectivity index (χ0n) is 18.9. The molecule has 0 aliphatic heterocycles. The molecular formula is C25H36N2O3S. The number of carbonyl (C=O) groups is 2. The smallest absolute Gasteiger partial charge is 0.321 e. The second kappa shape index (κ2) is 13.3. The predicted molar refractivity (Wildman–Crippen MR) is 128 cm³/mol. The van der Waals surface area contributed by atoms with Gasteiger partial charge in [0.1, 0.15) is 6.04 Å². The minimum atomic E-state index is -0.828. The van der Waals surface area contributed by atoms with Crippen LogP contribution >= 0.6 is 11.3 Å². The Morgan fingerprint density at radius 1 is 1.06 bits per heavy atom. The molecule has 0 saturated heterocycles. The van der Waals surface area contributed by atoms with Gasteiger partial charge in [0.05, 0.1) is 6.54 Å². The molecule has 0 aliphatic carbocycles. The highest BCUT2D eigenvalue weighted by atomic mass is 32.1. The quantitative estimate of drug-likeness (QED) is 0.348. The fraction of sp³-hybridized carbons (Fsp3) is 0.520. The van der Waals surface area contributed by atoms with E-state index in [0.717, 1.165) is 34.4 Å². The molecule has 31 heavy (non-hydrogen) atoms. The van der Waals surface area contributed by atoms with Crippen LogP contribution in [0.1, 0.15) is 63.3 Å². The van der Waals surface area contributed by atoms with Gasteiger partial charge in [0.2, 0.25) is 5.91 Å². The van der Waals surface area contributed by atoms with E-state index in [1.165, 1.54) is 19.3 Å². The highest BCUT2D eigenvalue weighted by Gasteiger charge is 2.16. The van der Waals surface area contributed by atoms with E-state index in [4.69, 9.17) is 0 Å². The summed E-state index contributed by atoms with van der Waals surface area (Å²) >= 11 is 1.65. The van der Waals surface area contributed by atoms with E-state index in [1.54, 1.807) is 11.3 Å². The second-order valence-electron chi connectivity index (χ2n) is 8.12. The van der Waals surface area contributed by atoms with Gasteiger partial charge in [-0.2, -0.15) is 0 Å². The Morgan fingerprint density at radius 3 is 2.45 bits per heavy atom. The minimum absolute atomic E-state index is 0.0562. The molecule has 0 fully saturated rings. The van der Waals surface area contributed by atoms with Crippen molar-refractivity contribution in [3.63, 3.8) is 0 Å². The van der Waals surface area contributed by atoms with Gasteiger partial charge in [-0.3, -0.25) is 9.59 Å². The normalized spacial score (nSPS) is 13.0. The van der Waals surface area contributed by atoms with Gasteiger partial charge in [-0.25, -0.2) is 0 Å². The maximum absolute atomic E-state index is 12.3. The van der Waals surface area contributed by atoms with Gasteiger partial charge in [0.25, 0.3) is 0 Å². The standard InChI is InChI=1S/C25H36N2O3S/c1-4-6-7-8-9-18(3)24(28)27-16-22-15-21(17-31-22)20-12-10-19(11-13-20)14-23(25(29)30)26-5-2/h10-13,15,17-18,23,26H,4-9,14,16H2,1-3H3,(H,27,28)(H,29,30). The molecule has 2 aromatic rings. The number of carbonyl (C=O) groups excluding carboxylic acids is 1. The summed E-state index contributed by atoms with van der Waals surface area (Å²) in [6, 6.07) is 9.58. The van der Waals surface area contributed by atoms with Gasteiger partial charge >= 0.3 is 5.97 Å². The average Bonchev–Trinajstić information content (AvgIpc) is 3.24. The van der Waals surface area contributed by atoms with Crippen LogP contribution in [-0.2, 0) is 22.6 Å². The summed E-state index contributed by atoms with van der Waals surface area (Å²) in [6.07, 6.45) is 6.17. The molecule has 6 heteroatoms. The molecule has 0 bridgehead atoms.